The molecule has 0 N–H and O–H groups in total. The molecule has 2 aromatic rings. The van der Waals surface area contributed by atoms with E-state index < -0.39 is 10.0 Å². The maximum absolute atomic E-state index is 12.6. The predicted octanol–water partition coefficient (Wildman–Crippen LogP) is 2.90. The number of hydrogen-bond acceptors (Lipinski definition) is 4. The zero-order valence-electron chi connectivity index (χ0n) is 16.0. The molecule has 0 aromatic heterocycles. The molecule has 6 nitrogen and oxygen atoms in total. The third-order valence-electron chi connectivity index (χ3n) is 4.25. The molecule has 2 aromatic carbocycles. The first kappa shape index (κ1) is 20.9. The summed E-state index contributed by atoms with van der Waals surface area (Å²) in [5, 5.41) is 0. The van der Waals surface area contributed by atoms with Crippen molar-refractivity contribution in [3.05, 3.63) is 60.2 Å². The van der Waals surface area contributed by atoms with Gasteiger partial charge in [0.2, 0.25) is 15.9 Å². The van der Waals surface area contributed by atoms with Crippen LogP contribution in [0.15, 0.2) is 54.6 Å². The molecule has 0 aliphatic carbocycles. The van der Waals surface area contributed by atoms with E-state index in [9.17, 15) is 13.2 Å². The van der Waals surface area contributed by atoms with Crippen molar-refractivity contribution in [2.75, 3.05) is 31.4 Å². The van der Waals surface area contributed by atoms with Crippen LogP contribution in [0.3, 0.4) is 0 Å². The standard InChI is InChI=1S/C20H26N2O4S/c1-4-22(18-8-6-5-7-9-18)20(23)14-15-21(27(3,24)25)16-17-10-12-19(26-2)13-11-17/h5-13H,4,14-16H2,1-3H3. The lowest BCUT2D eigenvalue weighted by Crippen LogP contribution is -2.36. The Kier molecular flexibility index (Phi) is 7.38. The van der Waals surface area contributed by atoms with Crippen LogP contribution in [0.25, 0.3) is 0 Å². The number of benzene rings is 2. The van der Waals surface area contributed by atoms with Crippen LogP contribution < -0.4 is 9.64 Å². The SMILES string of the molecule is CCN(C(=O)CCN(Cc1ccc(OC)cc1)S(C)(=O)=O)c1ccccc1. The molecule has 146 valence electrons. The van der Waals surface area contributed by atoms with Gasteiger partial charge in [0.25, 0.3) is 0 Å². The van der Waals surface area contributed by atoms with Gasteiger partial charge in [0.15, 0.2) is 0 Å². The average Bonchev–Trinajstić information content (AvgIpc) is 2.66. The number of ether oxygens (including phenoxy) is 1. The van der Waals surface area contributed by atoms with Gasteiger partial charge >= 0.3 is 0 Å². The van der Waals surface area contributed by atoms with Crippen molar-refractivity contribution in [3.63, 3.8) is 0 Å². The lowest BCUT2D eigenvalue weighted by molar-refractivity contribution is -0.118. The normalized spacial score (nSPS) is 11.4. The van der Waals surface area contributed by atoms with Gasteiger partial charge in [-0.25, -0.2) is 8.42 Å². The Balaban J connectivity index is 2.06. The molecule has 0 bridgehead atoms. The van der Waals surface area contributed by atoms with Crippen LogP contribution in [-0.2, 0) is 21.4 Å². The van der Waals surface area contributed by atoms with E-state index in [2.05, 4.69) is 0 Å². The number of hydrogen-bond donors (Lipinski definition) is 0. The molecule has 0 heterocycles. The third kappa shape index (κ3) is 6.08. The third-order valence-corrected chi connectivity index (χ3v) is 5.50. The summed E-state index contributed by atoms with van der Waals surface area (Å²) in [5.41, 5.74) is 1.65. The average molecular weight is 391 g/mol. The summed E-state index contributed by atoms with van der Waals surface area (Å²) in [6.45, 7) is 2.78. The first-order valence-corrected chi connectivity index (χ1v) is 10.6. The Morgan fingerprint density at radius 3 is 2.19 bits per heavy atom. The van der Waals surface area contributed by atoms with Crippen molar-refractivity contribution >= 4 is 21.6 Å². The van der Waals surface area contributed by atoms with Crippen molar-refractivity contribution < 1.29 is 17.9 Å². The Hall–Kier alpha value is -2.38. The van der Waals surface area contributed by atoms with Crippen LogP contribution in [-0.4, -0.2) is 45.1 Å². The second-order valence-corrected chi connectivity index (χ2v) is 8.15. The number of sulfonamides is 1. The molecule has 7 heteroatoms. The fraction of sp³-hybridized carbons (Fsp3) is 0.350. The molecular formula is C20H26N2O4S. The molecule has 0 fully saturated rings. The number of anilines is 1. The summed E-state index contributed by atoms with van der Waals surface area (Å²) in [7, 11) is -1.86. The smallest absolute Gasteiger partial charge is 0.228 e. The topological polar surface area (TPSA) is 66.9 Å². The molecule has 27 heavy (non-hydrogen) atoms. The van der Waals surface area contributed by atoms with Crippen molar-refractivity contribution in [3.8, 4) is 5.75 Å². The van der Waals surface area contributed by atoms with Crippen LogP contribution in [0.5, 0.6) is 5.75 Å². The van der Waals surface area contributed by atoms with Crippen LogP contribution in [0, 0.1) is 0 Å². The van der Waals surface area contributed by atoms with Crippen molar-refractivity contribution in [1.82, 2.24) is 4.31 Å². The summed E-state index contributed by atoms with van der Waals surface area (Å²) < 4.78 is 30.8. The maximum Gasteiger partial charge on any atom is 0.228 e. The van der Waals surface area contributed by atoms with Gasteiger partial charge in [-0.2, -0.15) is 4.31 Å². The Morgan fingerprint density at radius 1 is 1.04 bits per heavy atom. The number of rotatable bonds is 9. The molecule has 0 atom stereocenters. The van der Waals surface area contributed by atoms with E-state index in [1.54, 1.807) is 24.1 Å². The predicted molar refractivity (Wildman–Crippen MR) is 107 cm³/mol. The Bertz CT molecular complexity index is 836. The molecule has 0 unspecified atom stereocenters. The summed E-state index contributed by atoms with van der Waals surface area (Å²) >= 11 is 0. The van der Waals surface area contributed by atoms with Gasteiger partial charge < -0.3 is 9.64 Å². The van der Waals surface area contributed by atoms with Crippen molar-refractivity contribution in [1.29, 1.82) is 0 Å². The largest absolute Gasteiger partial charge is 0.497 e. The van der Waals surface area contributed by atoms with E-state index in [0.29, 0.717) is 12.3 Å². The summed E-state index contributed by atoms with van der Waals surface area (Å²) in [6, 6.07) is 16.6. The van der Waals surface area contributed by atoms with Crippen LogP contribution >= 0.6 is 0 Å². The molecule has 0 spiro atoms. The minimum atomic E-state index is -3.44. The number of nitrogens with zero attached hydrogens (tertiary/aromatic N) is 2. The van der Waals surface area contributed by atoms with E-state index >= 15 is 0 Å². The highest BCUT2D eigenvalue weighted by Crippen LogP contribution is 2.17. The number of amides is 1. The minimum Gasteiger partial charge on any atom is -0.497 e. The highest BCUT2D eigenvalue weighted by atomic mass is 32.2. The van der Waals surface area contributed by atoms with Crippen LogP contribution in [0.4, 0.5) is 5.69 Å². The zero-order valence-corrected chi connectivity index (χ0v) is 16.8. The van der Waals surface area contributed by atoms with Gasteiger partial charge in [-0.15, -0.1) is 0 Å². The van der Waals surface area contributed by atoms with E-state index in [0.717, 1.165) is 17.5 Å². The summed E-state index contributed by atoms with van der Waals surface area (Å²) in [4.78, 5) is 14.3. The molecule has 0 aliphatic rings. The number of carbonyl (C=O) groups is 1. The summed E-state index contributed by atoms with van der Waals surface area (Å²) in [5.74, 6) is 0.605. The molecular weight excluding hydrogens is 364 g/mol. The molecule has 0 aliphatic heterocycles. The molecule has 0 saturated carbocycles. The number of methoxy groups -OCH3 is 1. The first-order valence-electron chi connectivity index (χ1n) is 8.78. The Morgan fingerprint density at radius 2 is 1.67 bits per heavy atom. The van der Waals surface area contributed by atoms with E-state index in [1.165, 1.54) is 4.31 Å². The van der Waals surface area contributed by atoms with Gasteiger partial charge in [0, 0.05) is 31.7 Å². The monoisotopic (exact) mass is 390 g/mol. The lowest BCUT2D eigenvalue weighted by Gasteiger charge is -2.24. The quantitative estimate of drug-likeness (QED) is 0.660. The first-order chi connectivity index (χ1) is 12.8. The molecule has 2 rings (SSSR count). The molecule has 0 saturated heterocycles. The highest BCUT2D eigenvalue weighted by Gasteiger charge is 2.21. The van der Waals surface area contributed by atoms with Gasteiger partial charge in [0.1, 0.15) is 5.75 Å². The van der Waals surface area contributed by atoms with Crippen LogP contribution in [0.2, 0.25) is 0 Å². The Labute approximate surface area is 161 Å². The second-order valence-electron chi connectivity index (χ2n) is 6.17. The van der Waals surface area contributed by atoms with E-state index in [-0.39, 0.29) is 25.4 Å². The van der Waals surface area contributed by atoms with Gasteiger partial charge in [-0.05, 0) is 36.8 Å². The van der Waals surface area contributed by atoms with Crippen LogP contribution in [0.1, 0.15) is 18.9 Å². The molecule has 0 radical (unpaired) electrons. The zero-order chi connectivity index (χ0) is 19.9. The molecule has 1 amide bonds. The van der Waals surface area contributed by atoms with E-state index in [1.807, 2.05) is 49.4 Å². The maximum atomic E-state index is 12.6. The fourth-order valence-electron chi connectivity index (χ4n) is 2.76. The van der Waals surface area contributed by atoms with Gasteiger partial charge in [-0.1, -0.05) is 30.3 Å². The number of carbonyl (C=O) groups excluding carboxylic acids is 1. The van der Waals surface area contributed by atoms with Crippen molar-refractivity contribution in [2.24, 2.45) is 0 Å². The lowest BCUT2D eigenvalue weighted by atomic mass is 10.2. The van der Waals surface area contributed by atoms with Crippen molar-refractivity contribution in [2.45, 2.75) is 19.9 Å². The number of para-hydroxylation sites is 1. The van der Waals surface area contributed by atoms with Gasteiger partial charge in [-0.3, -0.25) is 4.79 Å². The second kappa shape index (κ2) is 9.53. The minimum absolute atomic E-state index is 0.105. The van der Waals surface area contributed by atoms with E-state index in [4.69, 9.17) is 4.74 Å². The van der Waals surface area contributed by atoms with Gasteiger partial charge in [0.05, 0.1) is 13.4 Å². The highest BCUT2D eigenvalue weighted by molar-refractivity contribution is 7.88. The summed E-state index contributed by atoms with van der Waals surface area (Å²) in [6.07, 6.45) is 1.28. The fourth-order valence-corrected chi connectivity index (χ4v) is 3.57.